The Morgan fingerprint density at radius 1 is 1.16 bits per heavy atom. The van der Waals surface area contributed by atoms with Crippen molar-refractivity contribution in [2.45, 2.75) is 20.3 Å². The fourth-order valence-corrected chi connectivity index (χ4v) is 4.51. The van der Waals surface area contributed by atoms with Crippen LogP contribution in [0.2, 0.25) is 5.02 Å². The van der Waals surface area contributed by atoms with Crippen LogP contribution in [0.4, 0.5) is 5.69 Å². The molecule has 0 aromatic heterocycles. The molecule has 1 N–H and O–H groups in total. The van der Waals surface area contributed by atoms with Crippen LogP contribution >= 0.6 is 34.2 Å². The summed E-state index contributed by atoms with van der Waals surface area (Å²) in [4.78, 5) is 12.6. The number of hydrogen-bond acceptors (Lipinski definition) is 3. The van der Waals surface area contributed by atoms with Crippen LogP contribution in [0.3, 0.4) is 0 Å². The van der Waals surface area contributed by atoms with E-state index in [9.17, 15) is 10.1 Å². The van der Waals surface area contributed by atoms with Gasteiger partial charge in [-0.25, -0.2) is 0 Å². The second-order valence-corrected chi connectivity index (χ2v) is 9.03. The zero-order valence-electron chi connectivity index (χ0n) is 18.0. The summed E-state index contributed by atoms with van der Waals surface area (Å²) in [6.07, 6.45) is 2.28. The number of rotatable bonds is 6. The number of carbonyl (C=O) groups is 1. The van der Waals surface area contributed by atoms with Gasteiger partial charge in [-0.1, -0.05) is 53.1 Å². The molecular weight excluding hydrogens is 535 g/mol. The van der Waals surface area contributed by atoms with Gasteiger partial charge in [0, 0.05) is 15.6 Å². The lowest BCUT2D eigenvalue weighted by molar-refractivity contribution is -0.112. The quantitative estimate of drug-likeness (QED) is 0.209. The number of nitrogens with zero attached hydrogens (tertiary/aromatic N) is 1. The molecule has 0 bridgehead atoms. The maximum absolute atomic E-state index is 12.6. The Labute approximate surface area is 207 Å². The fourth-order valence-electron chi connectivity index (χ4n) is 3.51. The maximum atomic E-state index is 12.6. The minimum absolute atomic E-state index is 0.0233. The molecule has 32 heavy (non-hydrogen) atoms. The minimum atomic E-state index is -0.520. The Morgan fingerprint density at radius 2 is 1.84 bits per heavy atom. The second-order valence-electron chi connectivity index (χ2n) is 7.46. The van der Waals surface area contributed by atoms with E-state index in [4.69, 9.17) is 16.3 Å². The van der Waals surface area contributed by atoms with Crippen molar-refractivity contribution in [1.82, 2.24) is 0 Å². The first-order valence-electron chi connectivity index (χ1n) is 9.92. The molecule has 0 aliphatic heterocycles. The molecule has 0 saturated heterocycles. The van der Waals surface area contributed by atoms with Gasteiger partial charge in [0.05, 0.1) is 17.8 Å². The van der Waals surface area contributed by atoms with Crippen molar-refractivity contribution >= 4 is 51.9 Å². The number of methoxy groups -OCH3 is 1. The van der Waals surface area contributed by atoms with E-state index in [0.29, 0.717) is 22.0 Å². The van der Waals surface area contributed by atoms with Gasteiger partial charge in [0.25, 0.3) is 5.91 Å². The van der Waals surface area contributed by atoms with Crippen molar-refractivity contribution in [3.8, 4) is 11.8 Å². The molecule has 3 aromatic carbocycles. The van der Waals surface area contributed by atoms with Gasteiger partial charge in [-0.15, -0.1) is 0 Å². The lowest BCUT2D eigenvalue weighted by atomic mass is 9.98. The van der Waals surface area contributed by atoms with Gasteiger partial charge >= 0.3 is 0 Å². The molecule has 1 amide bonds. The van der Waals surface area contributed by atoms with Crippen LogP contribution in [-0.4, -0.2) is 13.0 Å². The smallest absolute Gasteiger partial charge is 0.266 e. The highest BCUT2D eigenvalue weighted by Crippen LogP contribution is 2.30. The van der Waals surface area contributed by atoms with E-state index < -0.39 is 5.91 Å². The first-order chi connectivity index (χ1) is 15.3. The average molecular weight is 557 g/mol. The highest BCUT2D eigenvalue weighted by molar-refractivity contribution is 14.1. The highest BCUT2D eigenvalue weighted by atomic mass is 127. The topological polar surface area (TPSA) is 62.1 Å². The van der Waals surface area contributed by atoms with Crippen LogP contribution < -0.4 is 10.1 Å². The summed E-state index contributed by atoms with van der Waals surface area (Å²) in [5.74, 6) is 0.194. The number of ether oxygens (including phenoxy) is 1. The van der Waals surface area contributed by atoms with Crippen molar-refractivity contribution in [2.24, 2.45) is 0 Å². The number of anilines is 1. The molecule has 3 rings (SSSR count). The number of nitriles is 1. The third-order valence-electron chi connectivity index (χ3n) is 4.86. The number of aryl methyl sites for hydroxylation is 2. The second kappa shape index (κ2) is 10.7. The molecular formula is C26H22ClIN2O2. The van der Waals surface area contributed by atoms with Gasteiger partial charge in [-0.3, -0.25) is 4.79 Å². The molecule has 0 unspecified atom stereocenters. The van der Waals surface area contributed by atoms with Crippen LogP contribution in [0.25, 0.3) is 6.08 Å². The predicted octanol–water partition coefficient (Wildman–Crippen LogP) is 6.71. The van der Waals surface area contributed by atoms with Gasteiger partial charge < -0.3 is 10.1 Å². The zero-order chi connectivity index (χ0) is 23.3. The van der Waals surface area contributed by atoms with Crippen LogP contribution in [0.15, 0.2) is 60.2 Å². The summed E-state index contributed by atoms with van der Waals surface area (Å²) < 4.78 is 6.65. The third-order valence-corrected chi connectivity index (χ3v) is 6.15. The maximum Gasteiger partial charge on any atom is 0.266 e. The Hall–Kier alpha value is -2.82. The number of hydrogen-bond donors (Lipinski definition) is 1. The van der Waals surface area contributed by atoms with E-state index >= 15 is 0 Å². The summed E-state index contributed by atoms with van der Waals surface area (Å²) in [6.45, 7) is 4.17. The highest BCUT2D eigenvalue weighted by Gasteiger charge is 2.14. The predicted molar refractivity (Wildman–Crippen MR) is 138 cm³/mol. The SMILES string of the molecule is COc1cc(/C=C(\C#N)C(=O)Nc2ccccc2Cl)cc(I)c1Cc1cc(C)cc(C)c1. The van der Waals surface area contributed by atoms with E-state index in [0.717, 1.165) is 15.6 Å². The summed E-state index contributed by atoms with van der Waals surface area (Å²) >= 11 is 8.37. The summed E-state index contributed by atoms with van der Waals surface area (Å²) in [5, 5.41) is 12.6. The van der Waals surface area contributed by atoms with E-state index in [-0.39, 0.29) is 5.57 Å². The standard InChI is InChI=1S/C26H22ClIN2O2/c1-16-8-17(2)10-18(9-16)12-21-23(28)13-19(14-25(21)32-3)11-20(15-29)26(31)30-24-7-5-4-6-22(24)27/h4-11,13-14H,12H2,1-3H3,(H,30,31)/b20-11+. The average Bonchev–Trinajstić information content (AvgIpc) is 2.74. The Bertz CT molecular complexity index is 1220. The molecule has 6 heteroatoms. The van der Waals surface area contributed by atoms with Crippen LogP contribution in [0, 0.1) is 28.7 Å². The summed E-state index contributed by atoms with van der Waals surface area (Å²) in [5.41, 5.74) is 5.85. The Morgan fingerprint density at radius 3 is 2.47 bits per heavy atom. The minimum Gasteiger partial charge on any atom is -0.496 e. The molecule has 0 spiro atoms. The molecule has 162 valence electrons. The van der Waals surface area contributed by atoms with Gasteiger partial charge in [0.2, 0.25) is 0 Å². The molecule has 0 radical (unpaired) electrons. The number of para-hydroxylation sites is 1. The van der Waals surface area contributed by atoms with E-state index in [1.165, 1.54) is 16.7 Å². The van der Waals surface area contributed by atoms with E-state index in [1.807, 2.05) is 18.2 Å². The normalized spacial score (nSPS) is 11.1. The number of amides is 1. The molecule has 0 saturated carbocycles. The number of benzene rings is 3. The largest absolute Gasteiger partial charge is 0.496 e. The Balaban J connectivity index is 1.91. The van der Waals surface area contributed by atoms with Gasteiger partial charge in [-0.2, -0.15) is 5.26 Å². The molecule has 0 atom stereocenters. The first-order valence-corrected chi connectivity index (χ1v) is 11.4. The first kappa shape index (κ1) is 23.8. The summed E-state index contributed by atoms with van der Waals surface area (Å²) in [6, 6.07) is 19.2. The lowest BCUT2D eigenvalue weighted by Crippen LogP contribution is -2.13. The molecule has 4 nitrogen and oxygen atoms in total. The summed E-state index contributed by atoms with van der Waals surface area (Å²) in [7, 11) is 1.62. The van der Waals surface area contributed by atoms with Crippen molar-refractivity contribution < 1.29 is 9.53 Å². The van der Waals surface area contributed by atoms with E-state index in [2.05, 4.69) is 60.0 Å². The van der Waals surface area contributed by atoms with Crippen molar-refractivity contribution in [1.29, 1.82) is 5.26 Å². The zero-order valence-corrected chi connectivity index (χ0v) is 20.9. The number of carbonyl (C=O) groups excluding carboxylic acids is 1. The van der Waals surface area contributed by atoms with Gasteiger partial charge in [0.1, 0.15) is 17.4 Å². The van der Waals surface area contributed by atoms with Crippen LogP contribution in [-0.2, 0) is 11.2 Å². The number of nitrogens with one attached hydrogen (secondary N) is 1. The van der Waals surface area contributed by atoms with E-state index in [1.54, 1.807) is 37.5 Å². The van der Waals surface area contributed by atoms with Crippen LogP contribution in [0.5, 0.6) is 5.75 Å². The lowest BCUT2D eigenvalue weighted by Gasteiger charge is -2.14. The van der Waals surface area contributed by atoms with Crippen LogP contribution in [0.1, 0.15) is 27.8 Å². The van der Waals surface area contributed by atoms with Crippen molar-refractivity contribution in [3.05, 3.63) is 96.6 Å². The molecule has 3 aromatic rings. The monoisotopic (exact) mass is 556 g/mol. The van der Waals surface area contributed by atoms with Crippen molar-refractivity contribution in [3.63, 3.8) is 0 Å². The van der Waals surface area contributed by atoms with Gasteiger partial charge in [-0.05, 0) is 77.9 Å². The molecule has 0 fully saturated rings. The fraction of sp³-hybridized carbons (Fsp3) is 0.154. The molecule has 0 aliphatic carbocycles. The molecule has 0 aliphatic rings. The van der Waals surface area contributed by atoms with Gasteiger partial charge in [0.15, 0.2) is 0 Å². The van der Waals surface area contributed by atoms with Crippen molar-refractivity contribution in [2.75, 3.05) is 12.4 Å². The molecule has 0 heterocycles. The Kier molecular flexibility index (Phi) is 7.94. The third kappa shape index (κ3) is 5.90. The number of halogens is 2.